The highest BCUT2D eigenvalue weighted by Crippen LogP contribution is 2.21. The number of carboxylic acids is 1. The number of benzene rings is 1. The molecule has 0 aromatic heterocycles. The number of carboxylic acid groups (broad SMARTS) is 1. The van der Waals surface area contributed by atoms with E-state index in [0.29, 0.717) is 31.1 Å². The van der Waals surface area contributed by atoms with Gasteiger partial charge in [0.05, 0.1) is 24.7 Å². The van der Waals surface area contributed by atoms with Crippen LogP contribution >= 0.6 is 0 Å². The molecule has 2 N–H and O–H groups in total. The third kappa shape index (κ3) is 5.04. The van der Waals surface area contributed by atoms with Crippen LogP contribution in [0.5, 0.6) is 0 Å². The van der Waals surface area contributed by atoms with E-state index in [2.05, 4.69) is 5.32 Å². The second kappa shape index (κ2) is 8.08. The lowest BCUT2D eigenvalue weighted by atomic mass is 10.0. The highest BCUT2D eigenvalue weighted by molar-refractivity contribution is 5.95. The Morgan fingerprint density at radius 2 is 1.96 bits per heavy atom. The maximum absolute atomic E-state index is 12.0. The average Bonchev–Trinajstić information content (AvgIpc) is 2.50. The Bertz CT molecular complexity index is 579. The maximum Gasteiger partial charge on any atom is 0.336 e. The Kier molecular flexibility index (Phi) is 6.12. The summed E-state index contributed by atoms with van der Waals surface area (Å²) in [6, 6.07) is 3.27. The van der Waals surface area contributed by atoms with Crippen LogP contribution in [0.4, 0.5) is 5.69 Å². The van der Waals surface area contributed by atoms with Gasteiger partial charge < -0.3 is 19.9 Å². The lowest BCUT2D eigenvalue weighted by molar-refractivity contribution is -0.118. The Balaban J connectivity index is 1.87. The van der Waals surface area contributed by atoms with Gasteiger partial charge >= 0.3 is 5.97 Å². The lowest BCUT2D eigenvalue weighted by Crippen LogP contribution is -2.25. The molecule has 0 radical (unpaired) electrons. The van der Waals surface area contributed by atoms with Crippen LogP contribution in [0.2, 0.25) is 0 Å². The molecule has 1 fully saturated rings. The van der Waals surface area contributed by atoms with Crippen molar-refractivity contribution in [1.82, 2.24) is 0 Å². The summed E-state index contributed by atoms with van der Waals surface area (Å²) in [7, 11) is 0. The first kappa shape index (κ1) is 17.4. The first-order valence-electron chi connectivity index (χ1n) is 7.81. The molecular weight excluding hydrogens is 298 g/mol. The predicted molar refractivity (Wildman–Crippen MR) is 85.9 cm³/mol. The Labute approximate surface area is 135 Å². The van der Waals surface area contributed by atoms with Crippen LogP contribution in [-0.4, -0.2) is 42.9 Å². The Morgan fingerprint density at radius 3 is 2.61 bits per heavy atom. The molecule has 0 aliphatic carbocycles. The summed E-state index contributed by atoms with van der Waals surface area (Å²) in [5.41, 5.74) is 2.25. The van der Waals surface area contributed by atoms with Gasteiger partial charge in [-0.15, -0.1) is 0 Å². The van der Waals surface area contributed by atoms with E-state index in [4.69, 9.17) is 14.6 Å². The number of hydrogen-bond acceptors (Lipinski definition) is 4. The number of rotatable bonds is 6. The van der Waals surface area contributed by atoms with Crippen molar-refractivity contribution in [2.75, 3.05) is 25.1 Å². The van der Waals surface area contributed by atoms with Crippen molar-refractivity contribution in [3.05, 3.63) is 28.8 Å². The van der Waals surface area contributed by atoms with Crippen molar-refractivity contribution in [2.24, 2.45) is 0 Å². The van der Waals surface area contributed by atoms with E-state index < -0.39 is 5.97 Å². The minimum absolute atomic E-state index is 0.163. The zero-order chi connectivity index (χ0) is 16.8. The summed E-state index contributed by atoms with van der Waals surface area (Å²) >= 11 is 0. The van der Waals surface area contributed by atoms with Crippen molar-refractivity contribution in [1.29, 1.82) is 0 Å². The zero-order valence-electron chi connectivity index (χ0n) is 13.6. The quantitative estimate of drug-likeness (QED) is 0.841. The standard InChI is InChI=1S/C17H23NO5/c1-11-9-12(2)15(10-14(11)17(20)21)18-16(19)5-8-23-13-3-6-22-7-4-13/h9-10,13H,3-8H2,1-2H3,(H,18,19)(H,20,21). The fourth-order valence-electron chi connectivity index (χ4n) is 2.59. The minimum Gasteiger partial charge on any atom is -0.478 e. The van der Waals surface area contributed by atoms with Crippen LogP contribution in [0.3, 0.4) is 0 Å². The van der Waals surface area contributed by atoms with E-state index >= 15 is 0 Å². The number of amides is 1. The summed E-state index contributed by atoms with van der Waals surface area (Å²) < 4.78 is 10.9. The number of carbonyl (C=O) groups is 2. The van der Waals surface area contributed by atoms with E-state index in [-0.39, 0.29) is 24.0 Å². The fraction of sp³-hybridized carbons (Fsp3) is 0.529. The topological polar surface area (TPSA) is 84.9 Å². The second-order valence-corrected chi connectivity index (χ2v) is 5.77. The van der Waals surface area contributed by atoms with Crippen molar-refractivity contribution >= 4 is 17.6 Å². The van der Waals surface area contributed by atoms with Gasteiger partial charge in [-0.1, -0.05) is 6.07 Å². The van der Waals surface area contributed by atoms with Gasteiger partial charge in [0, 0.05) is 18.9 Å². The van der Waals surface area contributed by atoms with Crippen LogP contribution in [0.25, 0.3) is 0 Å². The van der Waals surface area contributed by atoms with Crippen molar-refractivity contribution < 1.29 is 24.2 Å². The van der Waals surface area contributed by atoms with Gasteiger partial charge in [-0.05, 0) is 43.9 Å². The van der Waals surface area contributed by atoms with Crippen LogP contribution in [0.1, 0.15) is 40.7 Å². The molecule has 1 aromatic carbocycles. The smallest absolute Gasteiger partial charge is 0.336 e. The molecular formula is C17H23NO5. The summed E-state index contributed by atoms with van der Waals surface area (Å²) in [5.74, 6) is -1.18. The molecule has 1 heterocycles. The number of carbonyl (C=O) groups excluding carboxylic acids is 1. The van der Waals surface area contributed by atoms with Crippen molar-refractivity contribution in [3.8, 4) is 0 Å². The van der Waals surface area contributed by atoms with Gasteiger partial charge in [0.15, 0.2) is 0 Å². The third-order valence-corrected chi connectivity index (χ3v) is 3.93. The van der Waals surface area contributed by atoms with Crippen molar-refractivity contribution in [2.45, 2.75) is 39.2 Å². The molecule has 126 valence electrons. The summed E-state index contributed by atoms with van der Waals surface area (Å²) in [6.45, 7) is 5.35. The summed E-state index contributed by atoms with van der Waals surface area (Å²) in [4.78, 5) is 23.2. The number of aromatic carboxylic acids is 1. The molecule has 6 nitrogen and oxygen atoms in total. The second-order valence-electron chi connectivity index (χ2n) is 5.77. The number of ether oxygens (including phenoxy) is 2. The molecule has 0 spiro atoms. The highest BCUT2D eigenvalue weighted by Gasteiger charge is 2.15. The molecule has 1 aliphatic rings. The van der Waals surface area contributed by atoms with E-state index in [1.54, 1.807) is 13.0 Å². The van der Waals surface area contributed by atoms with E-state index in [0.717, 1.165) is 18.4 Å². The highest BCUT2D eigenvalue weighted by atomic mass is 16.5. The van der Waals surface area contributed by atoms with Crippen LogP contribution in [0, 0.1) is 13.8 Å². The van der Waals surface area contributed by atoms with Gasteiger partial charge in [-0.3, -0.25) is 4.79 Å². The van der Waals surface area contributed by atoms with Gasteiger partial charge in [-0.25, -0.2) is 4.79 Å². The van der Waals surface area contributed by atoms with Gasteiger partial charge in [-0.2, -0.15) is 0 Å². The first-order valence-corrected chi connectivity index (χ1v) is 7.81. The molecule has 6 heteroatoms. The monoisotopic (exact) mass is 321 g/mol. The zero-order valence-corrected chi connectivity index (χ0v) is 13.6. The van der Waals surface area contributed by atoms with Gasteiger partial charge in [0.1, 0.15) is 0 Å². The van der Waals surface area contributed by atoms with E-state index in [1.165, 1.54) is 6.07 Å². The number of aryl methyl sites for hydroxylation is 2. The van der Waals surface area contributed by atoms with Crippen LogP contribution < -0.4 is 5.32 Å². The normalized spacial score (nSPS) is 15.4. The predicted octanol–water partition coefficient (Wildman–Crippen LogP) is 2.53. The Morgan fingerprint density at radius 1 is 1.26 bits per heavy atom. The lowest BCUT2D eigenvalue weighted by Gasteiger charge is -2.22. The molecule has 1 aromatic rings. The molecule has 0 saturated carbocycles. The molecule has 1 amide bonds. The van der Waals surface area contributed by atoms with Crippen molar-refractivity contribution in [3.63, 3.8) is 0 Å². The Hall–Kier alpha value is -1.92. The third-order valence-electron chi connectivity index (χ3n) is 3.93. The summed E-state index contributed by atoms with van der Waals surface area (Å²) in [6.07, 6.45) is 2.13. The molecule has 1 saturated heterocycles. The van der Waals surface area contributed by atoms with Crippen LogP contribution in [-0.2, 0) is 14.3 Å². The van der Waals surface area contributed by atoms with E-state index in [1.807, 2.05) is 6.92 Å². The first-order chi connectivity index (χ1) is 11.0. The molecule has 0 unspecified atom stereocenters. The van der Waals surface area contributed by atoms with E-state index in [9.17, 15) is 9.59 Å². The molecule has 0 bridgehead atoms. The SMILES string of the molecule is Cc1cc(C)c(C(=O)O)cc1NC(=O)CCOC1CCOCC1. The van der Waals surface area contributed by atoms with Gasteiger partial charge in [0.25, 0.3) is 0 Å². The molecule has 2 rings (SSSR count). The molecule has 1 aliphatic heterocycles. The number of anilines is 1. The average molecular weight is 321 g/mol. The number of nitrogens with one attached hydrogen (secondary N) is 1. The molecule has 0 atom stereocenters. The number of hydrogen-bond donors (Lipinski definition) is 2. The fourth-order valence-corrected chi connectivity index (χ4v) is 2.59. The molecule has 23 heavy (non-hydrogen) atoms. The summed E-state index contributed by atoms with van der Waals surface area (Å²) in [5, 5.41) is 11.9. The minimum atomic E-state index is -0.999. The van der Waals surface area contributed by atoms with Crippen LogP contribution in [0.15, 0.2) is 12.1 Å². The largest absolute Gasteiger partial charge is 0.478 e. The van der Waals surface area contributed by atoms with Gasteiger partial charge in [0.2, 0.25) is 5.91 Å². The maximum atomic E-state index is 12.0.